The van der Waals surface area contributed by atoms with Gasteiger partial charge in [0.05, 0.1) is 12.2 Å². The fraction of sp³-hybridized carbons (Fsp3) is 0.130. The number of carbonyl (C=O) groups is 2. The maximum Gasteiger partial charge on any atom is 0.323 e. The quantitative estimate of drug-likeness (QED) is 0.606. The molecule has 0 aromatic heterocycles. The van der Waals surface area contributed by atoms with Gasteiger partial charge in [-0.1, -0.05) is 41.4 Å². The van der Waals surface area contributed by atoms with Crippen molar-refractivity contribution in [2.75, 3.05) is 22.1 Å². The number of hydrogen-bond acceptors (Lipinski definition) is 3. The second-order valence-corrected chi connectivity index (χ2v) is 7.46. The summed E-state index contributed by atoms with van der Waals surface area (Å²) in [5, 5.41) is 6.12. The zero-order chi connectivity index (χ0) is 21.1. The summed E-state index contributed by atoms with van der Waals surface area (Å²) in [5.41, 5.74) is 3.96. The van der Waals surface area contributed by atoms with Crippen molar-refractivity contribution in [1.29, 1.82) is 0 Å². The number of benzene rings is 3. The van der Waals surface area contributed by atoms with E-state index in [0.717, 1.165) is 11.1 Å². The Balaban J connectivity index is 1.52. The number of amides is 3. The number of rotatable bonds is 4. The van der Waals surface area contributed by atoms with E-state index in [1.165, 1.54) is 0 Å². The number of anilines is 3. The molecule has 4 rings (SSSR count). The highest BCUT2D eigenvalue weighted by Gasteiger charge is 2.26. The van der Waals surface area contributed by atoms with Crippen LogP contribution < -0.4 is 20.3 Å². The molecule has 0 radical (unpaired) electrons. The van der Waals surface area contributed by atoms with Crippen molar-refractivity contribution in [3.05, 3.63) is 82.9 Å². The number of nitrogens with one attached hydrogen (secondary N) is 2. The lowest BCUT2D eigenvalue weighted by molar-refractivity contribution is -0.121. The smallest absolute Gasteiger partial charge is 0.323 e. The van der Waals surface area contributed by atoms with Crippen LogP contribution in [0.2, 0.25) is 5.02 Å². The van der Waals surface area contributed by atoms with Crippen molar-refractivity contribution in [2.45, 2.75) is 13.5 Å². The molecule has 0 atom stereocenters. The molecule has 2 N–H and O–H groups in total. The number of aryl methyl sites for hydroxylation is 1. The van der Waals surface area contributed by atoms with Crippen LogP contribution in [0, 0.1) is 6.92 Å². The fourth-order valence-corrected chi connectivity index (χ4v) is 3.28. The molecular weight excluding hydrogens is 402 g/mol. The number of ether oxygens (including phenoxy) is 1. The van der Waals surface area contributed by atoms with Gasteiger partial charge in [0.15, 0.2) is 6.61 Å². The first-order valence-corrected chi connectivity index (χ1v) is 9.82. The van der Waals surface area contributed by atoms with Crippen LogP contribution in [-0.2, 0) is 11.3 Å². The Hall–Kier alpha value is -3.51. The normalized spacial score (nSPS) is 12.7. The fourth-order valence-electron chi connectivity index (χ4n) is 3.16. The van der Waals surface area contributed by atoms with E-state index in [1.54, 1.807) is 47.4 Å². The Morgan fingerprint density at radius 1 is 1.00 bits per heavy atom. The van der Waals surface area contributed by atoms with Crippen LogP contribution in [-0.4, -0.2) is 18.5 Å². The Morgan fingerprint density at radius 2 is 1.67 bits per heavy atom. The molecule has 0 spiro atoms. The zero-order valence-electron chi connectivity index (χ0n) is 16.3. The molecule has 6 nitrogen and oxygen atoms in total. The summed E-state index contributed by atoms with van der Waals surface area (Å²) in [6.07, 6.45) is 0. The Labute approximate surface area is 179 Å². The molecule has 1 aliphatic heterocycles. The lowest BCUT2D eigenvalue weighted by Gasteiger charge is -2.30. The van der Waals surface area contributed by atoms with Gasteiger partial charge in [0, 0.05) is 16.4 Å². The molecule has 30 heavy (non-hydrogen) atoms. The van der Waals surface area contributed by atoms with E-state index in [9.17, 15) is 9.59 Å². The summed E-state index contributed by atoms with van der Waals surface area (Å²) >= 11 is 5.86. The minimum Gasteiger partial charge on any atom is -0.482 e. The average Bonchev–Trinajstić information content (AvgIpc) is 2.73. The summed E-state index contributed by atoms with van der Waals surface area (Å²) in [6.45, 7) is 2.44. The minimum atomic E-state index is -0.398. The third-order valence-corrected chi connectivity index (χ3v) is 4.98. The van der Waals surface area contributed by atoms with E-state index < -0.39 is 6.03 Å². The van der Waals surface area contributed by atoms with Gasteiger partial charge in [0.25, 0.3) is 5.91 Å². The van der Waals surface area contributed by atoms with Crippen molar-refractivity contribution in [2.24, 2.45) is 0 Å². The van der Waals surface area contributed by atoms with Crippen molar-refractivity contribution >= 4 is 40.6 Å². The predicted molar refractivity (Wildman–Crippen MR) is 118 cm³/mol. The lowest BCUT2D eigenvalue weighted by Crippen LogP contribution is -2.38. The topological polar surface area (TPSA) is 70.7 Å². The predicted octanol–water partition coefficient (Wildman–Crippen LogP) is 5.22. The van der Waals surface area contributed by atoms with Gasteiger partial charge in [-0.15, -0.1) is 0 Å². The number of carbonyl (C=O) groups excluding carboxylic acids is 2. The van der Waals surface area contributed by atoms with Gasteiger partial charge < -0.3 is 20.3 Å². The van der Waals surface area contributed by atoms with Gasteiger partial charge in [0.2, 0.25) is 0 Å². The van der Waals surface area contributed by atoms with Crippen LogP contribution in [0.25, 0.3) is 0 Å². The molecule has 7 heteroatoms. The molecular formula is C23H20ClN3O3. The maximum atomic E-state index is 12.5. The van der Waals surface area contributed by atoms with Gasteiger partial charge in [-0.05, 0) is 55.0 Å². The van der Waals surface area contributed by atoms with Crippen LogP contribution in [0.4, 0.5) is 21.9 Å². The number of fused-ring (bicyclic) bond motifs is 1. The zero-order valence-corrected chi connectivity index (χ0v) is 17.1. The molecule has 0 fully saturated rings. The summed E-state index contributed by atoms with van der Waals surface area (Å²) in [4.78, 5) is 26.5. The lowest BCUT2D eigenvalue weighted by atomic mass is 10.1. The maximum absolute atomic E-state index is 12.5. The van der Waals surface area contributed by atoms with E-state index in [0.29, 0.717) is 34.4 Å². The molecule has 152 valence electrons. The molecule has 0 bridgehead atoms. The summed E-state index contributed by atoms with van der Waals surface area (Å²) in [5.74, 6) is 0.469. The van der Waals surface area contributed by atoms with Gasteiger partial charge in [-0.2, -0.15) is 0 Å². The van der Waals surface area contributed by atoms with E-state index >= 15 is 0 Å². The van der Waals surface area contributed by atoms with Gasteiger partial charge in [-0.25, -0.2) is 4.79 Å². The third kappa shape index (κ3) is 4.55. The summed E-state index contributed by atoms with van der Waals surface area (Å²) < 4.78 is 5.56. The monoisotopic (exact) mass is 421 g/mol. The molecule has 0 aliphatic carbocycles. The number of urea groups is 1. The van der Waals surface area contributed by atoms with Crippen LogP contribution >= 0.6 is 11.6 Å². The highest BCUT2D eigenvalue weighted by atomic mass is 35.5. The van der Waals surface area contributed by atoms with Gasteiger partial charge in [0.1, 0.15) is 5.75 Å². The van der Waals surface area contributed by atoms with E-state index in [1.807, 2.05) is 31.2 Å². The van der Waals surface area contributed by atoms with Crippen LogP contribution in [0.5, 0.6) is 5.75 Å². The molecule has 3 amide bonds. The van der Waals surface area contributed by atoms with E-state index in [2.05, 4.69) is 10.6 Å². The van der Waals surface area contributed by atoms with Crippen LogP contribution in [0.3, 0.4) is 0 Å². The SMILES string of the molecule is Cc1ccc(CN2C(=O)COc3ccc(NC(=O)Nc4ccc(Cl)cc4)cc32)cc1. The number of halogens is 1. The molecule has 0 unspecified atom stereocenters. The standard InChI is InChI=1S/C23H20ClN3O3/c1-15-2-4-16(5-3-15)13-27-20-12-19(10-11-21(20)30-14-22(27)28)26-23(29)25-18-8-6-17(24)7-9-18/h2-12H,13-14H2,1H3,(H2,25,26,29). The van der Waals surface area contributed by atoms with Gasteiger partial charge >= 0.3 is 6.03 Å². The van der Waals surface area contributed by atoms with E-state index in [4.69, 9.17) is 16.3 Å². The Bertz CT molecular complexity index is 1080. The van der Waals surface area contributed by atoms with Crippen molar-refractivity contribution < 1.29 is 14.3 Å². The van der Waals surface area contributed by atoms with Crippen molar-refractivity contribution in [3.63, 3.8) is 0 Å². The first-order valence-electron chi connectivity index (χ1n) is 9.44. The second-order valence-electron chi connectivity index (χ2n) is 7.02. The average molecular weight is 422 g/mol. The first kappa shape index (κ1) is 19.8. The van der Waals surface area contributed by atoms with Gasteiger partial charge in [-0.3, -0.25) is 4.79 Å². The molecule has 1 aliphatic rings. The van der Waals surface area contributed by atoms with E-state index in [-0.39, 0.29) is 12.5 Å². The molecule has 0 saturated heterocycles. The summed E-state index contributed by atoms with van der Waals surface area (Å²) in [7, 11) is 0. The largest absolute Gasteiger partial charge is 0.482 e. The Kier molecular flexibility index (Phi) is 5.59. The van der Waals surface area contributed by atoms with Crippen molar-refractivity contribution in [3.8, 4) is 5.75 Å². The molecule has 1 heterocycles. The number of nitrogens with zero attached hydrogens (tertiary/aromatic N) is 1. The number of hydrogen-bond donors (Lipinski definition) is 2. The van der Waals surface area contributed by atoms with Crippen molar-refractivity contribution in [1.82, 2.24) is 0 Å². The molecule has 0 saturated carbocycles. The highest BCUT2D eigenvalue weighted by Crippen LogP contribution is 2.35. The molecule has 3 aromatic carbocycles. The van der Waals surface area contributed by atoms with Crippen LogP contribution in [0.15, 0.2) is 66.7 Å². The third-order valence-electron chi connectivity index (χ3n) is 4.72. The Morgan fingerprint density at radius 3 is 2.40 bits per heavy atom. The molecule has 3 aromatic rings. The van der Waals surface area contributed by atoms with Crippen LogP contribution in [0.1, 0.15) is 11.1 Å². The summed E-state index contributed by atoms with van der Waals surface area (Å²) in [6, 6.07) is 19.7. The second kappa shape index (κ2) is 8.47. The minimum absolute atomic E-state index is 0.0112. The highest BCUT2D eigenvalue weighted by molar-refractivity contribution is 6.30. The first-order chi connectivity index (χ1) is 14.5.